The van der Waals surface area contributed by atoms with Crippen LogP contribution in [-0.4, -0.2) is 52.5 Å². The van der Waals surface area contributed by atoms with E-state index in [2.05, 4.69) is 54.3 Å². The normalized spacial score (nSPS) is 15.6. The molecule has 1 aliphatic heterocycles. The summed E-state index contributed by atoms with van der Waals surface area (Å²) in [5.41, 5.74) is 5.77. The van der Waals surface area contributed by atoms with E-state index in [1.807, 2.05) is 10.9 Å². The van der Waals surface area contributed by atoms with Gasteiger partial charge in [0.1, 0.15) is 0 Å². The molecule has 3 heterocycles. The summed E-state index contributed by atoms with van der Waals surface area (Å²) in [6.07, 6.45) is 5.03. The molecule has 4 rings (SSSR count). The second-order valence-electron chi connectivity index (χ2n) is 6.96. The van der Waals surface area contributed by atoms with Gasteiger partial charge in [-0.05, 0) is 49.6 Å². The molecule has 26 heavy (non-hydrogen) atoms. The van der Waals surface area contributed by atoms with Crippen LogP contribution >= 0.6 is 0 Å². The molecular formula is C21H26N4O. The van der Waals surface area contributed by atoms with Crippen molar-refractivity contribution in [2.24, 2.45) is 0 Å². The van der Waals surface area contributed by atoms with E-state index in [1.165, 1.54) is 16.5 Å². The summed E-state index contributed by atoms with van der Waals surface area (Å²) < 4.78 is 7.36. The molecule has 1 aromatic carbocycles. The van der Waals surface area contributed by atoms with Crippen LogP contribution in [0, 0.1) is 6.92 Å². The molecule has 2 aromatic heterocycles. The number of hydrogen-bond donors (Lipinski definition) is 0. The maximum atomic E-state index is 5.43. The minimum Gasteiger partial charge on any atom is -0.379 e. The highest BCUT2D eigenvalue weighted by atomic mass is 16.5. The highest BCUT2D eigenvalue weighted by Crippen LogP contribution is 2.25. The van der Waals surface area contributed by atoms with E-state index in [0.717, 1.165) is 62.6 Å². The van der Waals surface area contributed by atoms with E-state index < -0.39 is 0 Å². The van der Waals surface area contributed by atoms with Crippen molar-refractivity contribution in [2.75, 3.05) is 32.8 Å². The van der Waals surface area contributed by atoms with Gasteiger partial charge in [-0.3, -0.25) is 9.58 Å². The van der Waals surface area contributed by atoms with Gasteiger partial charge in [0.15, 0.2) is 0 Å². The molecule has 0 spiro atoms. The van der Waals surface area contributed by atoms with Crippen molar-refractivity contribution in [3.63, 3.8) is 0 Å². The predicted octanol–water partition coefficient (Wildman–Crippen LogP) is 3.30. The van der Waals surface area contributed by atoms with Gasteiger partial charge < -0.3 is 4.74 Å². The Balaban J connectivity index is 1.56. The fourth-order valence-electron chi connectivity index (χ4n) is 3.53. The average Bonchev–Trinajstić information content (AvgIpc) is 3.16. The molecule has 0 bridgehead atoms. The third-order valence-corrected chi connectivity index (χ3v) is 5.15. The van der Waals surface area contributed by atoms with Crippen LogP contribution in [0.4, 0.5) is 0 Å². The summed E-state index contributed by atoms with van der Waals surface area (Å²) in [6, 6.07) is 8.85. The van der Waals surface area contributed by atoms with Gasteiger partial charge in [-0.1, -0.05) is 6.07 Å². The second-order valence-corrected chi connectivity index (χ2v) is 6.96. The van der Waals surface area contributed by atoms with Crippen molar-refractivity contribution in [3.05, 3.63) is 47.8 Å². The lowest BCUT2D eigenvalue weighted by Crippen LogP contribution is -2.37. The third kappa shape index (κ3) is 3.64. The summed E-state index contributed by atoms with van der Waals surface area (Å²) in [5.74, 6) is 0. The number of benzene rings is 1. The quantitative estimate of drug-likeness (QED) is 0.708. The van der Waals surface area contributed by atoms with Crippen LogP contribution in [0.15, 0.2) is 36.7 Å². The first-order valence-corrected chi connectivity index (χ1v) is 9.46. The predicted molar refractivity (Wildman–Crippen MR) is 104 cm³/mol. The van der Waals surface area contributed by atoms with Gasteiger partial charge in [0.05, 0.1) is 30.6 Å². The number of morpholine rings is 1. The molecule has 5 nitrogen and oxygen atoms in total. The molecule has 3 aromatic rings. The molecule has 1 aliphatic rings. The number of rotatable bonds is 5. The standard InChI is InChI=1S/C21H26N4O/c1-3-25-15-18(14-22-25)21-12-16(2)19-13-17(4-5-20(19)23-21)6-7-24-8-10-26-11-9-24/h4-5,12-15H,3,6-11H2,1-2H3. The number of fused-ring (bicyclic) bond motifs is 1. The van der Waals surface area contributed by atoms with Gasteiger partial charge in [-0.25, -0.2) is 4.98 Å². The number of nitrogens with zero attached hydrogens (tertiary/aromatic N) is 4. The molecule has 0 aliphatic carbocycles. The van der Waals surface area contributed by atoms with Crippen LogP contribution in [0.25, 0.3) is 22.2 Å². The first kappa shape index (κ1) is 17.2. The van der Waals surface area contributed by atoms with Crippen molar-refractivity contribution < 1.29 is 4.74 Å². The summed E-state index contributed by atoms with van der Waals surface area (Å²) >= 11 is 0. The maximum absolute atomic E-state index is 5.43. The van der Waals surface area contributed by atoms with E-state index in [9.17, 15) is 0 Å². The molecule has 0 atom stereocenters. The third-order valence-electron chi connectivity index (χ3n) is 5.15. The van der Waals surface area contributed by atoms with Crippen LogP contribution in [0.1, 0.15) is 18.1 Å². The van der Waals surface area contributed by atoms with Gasteiger partial charge in [-0.2, -0.15) is 5.10 Å². The topological polar surface area (TPSA) is 43.2 Å². The van der Waals surface area contributed by atoms with Gasteiger partial charge in [0.2, 0.25) is 0 Å². The van der Waals surface area contributed by atoms with Crippen molar-refractivity contribution >= 4 is 10.9 Å². The van der Waals surface area contributed by atoms with Crippen LogP contribution in [-0.2, 0) is 17.7 Å². The number of pyridine rings is 1. The van der Waals surface area contributed by atoms with Crippen LogP contribution in [0.2, 0.25) is 0 Å². The van der Waals surface area contributed by atoms with E-state index in [0.29, 0.717) is 0 Å². The van der Waals surface area contributed by atoms with Crippen molar-refractivity contribution in [2.45, 2.75) is 26.8 Å². The SMILES string of the molecule is CCn1cc(-c2cc(C)c3cc(CCN4CCOCC4)ccc3n2)cn1. The molecule has 0 amide bonds. The fourth-order valence-corrected chi connectivity index (χ4v) is 3.53. The first-order valence-electron chi connectivity index (χ1n) is 9.46. The molecule has 0 radical (unpaired) electrons. The minimum atomic E-state index is 0.859. The zero-order chi connectivity index (χ0) is 17.9. The van der Waals surface area contributed by atoms with Gasteiger partial charge in [0.25, 0.3) is 0 Å². The van der Waals surface area contributed by atoms with E-state index >= 15 is 0 Å². The number of hydrogen-bond acceptors (Lipinski definition) is 4. The van der Waals surface area contributed by atoms with Gasteiger partial charge in [-0.15, -0.1) is 0 Å². The monoisotopic (exact) mass is 350 g/mol. The zero-order valence-corrected chi connectivity index (χ0v) is 15.6. The average molecular weight is 350 g/mol. The highest BCUT2D eigenvalue weighted by Gasteiger charge is 2.11. The Morgan fingerprint density at radius 2 is 2.00 bits per heavy atom. The number of aromatic nitrogens is 3. The Hall–Kier alpha value is -2.24. The maximum Gasteiger partial charge on any atom is 0.0743 e. The Bertz CT molecular complexity index is 896. The molecule has 136 valence electrons. The van der Waals surface area contributed by atoms with Crippen LogP contribution in [0.3, 0.4) is 0 Å². The van der Waals surface area contributed by atoms with Crippen molar-refractivity contribution in [3.8, 4) is 11.3 Å². The highest BCUT2D eigenvalue weighted by molar-refractivity contribution is 5.85. The summed E-state index contributed by atoms with van der Waals surface area (Å²) in [4.78, 5) is 7.34. The van der Waals surface area contributed by atoms with E-state index in [4.69, 9.17) is 9.72 Å². The number of ether oxygens (including phenoxy) is 1. The summed E-state index contributed by atoms with van der Waals surface area (Å²) in [5, 5.41) is 5.61. The largest absolute Gasteiger partial charge is 0.379 e. The van der Waals surface area contributed by atoms with E-state index in [-0.39, 0.29) is 0 Å². The molecule has 1 saturated heterocycles. The molecule has 1 fully saturated rings. The fraction of sp³-hybridized carbons (Fsp3) is 0.429. The molecule has 5 heteroatoms. The first-order chi connectivity index (χ1) is 12.7. The lowest BCUT2D eigenvalue weighted by Gasteiger charge is -2.26. The van der Waals surface area contributed by atoms with Gasteiger partial charge >= 0.3 is 0 Å². The molecule has 0 unspecified atom stereocenters. The van der Waals surface area contributed by atoms with E-state index in [1.54, 1.807) is 0 Å². The summed E-state index contributed by atoms with van der Waals surface area (Å²) in [7, 11) is 0. The van der Waals surface area contributed by atoms with Crippen LogP contribution in [0.5, 0.6) is 0 Å². The zero-order valence-electron chi connectivity index (χ0n) is 15.6. The van der Waals surface area contributed by atoms with Crippen LogP contribution < -0.4 is 0 Å². The second kappa shape index (κ2) is 7.56. The molecule has 0 N–H and O–H groups in total. The Morgan fingerprint density at radius 3 is 2.77 bits per heavy atom. The van der Waals surface area contributed by atoms with Crippen molar-refractivity contribution in [1.29, 1.82) is 0 Å². The van der Waals surface area contributed by atoms with Crippen molar-refractivity contribution in [1.82, 2.24) is 19.7 Å². The summed E-state index contributed by atoms with van der Waals surface area (Å²) in [6.45, 7) is 10.0. The molecular weight excluding hydrogens is 324 g/mol. The number of aryl methyl sites for hydroxylation is 2. The lowest BCUT2D eigenvalue weighted by molar-refractivity contribution is 0.0384. The Kier molecular flexibility index (Phi) is 5.00. The van der Waals surface area contributed by atoms with Gasteiger partial charge in [0, 0.05) is 43.3 Å². The molecule has 0 saturated carbocycles. The Labute approximate surface area is 154 Å². The smallest absolute Gasteiger partial charge is 0.0743 e. The lowest BCUT2D eigenvalue weighted by atomic mass is 10.0. The minimum absolute atomic E-state index is 0.859. The Morgan fingerprint density at radius 1 is 1.15 bits per heavy atom.